The van der Waals surface area contributed by atoms with E-state index in [4.69, 9.17) is 5.73 Å². The summed E-state index contributed by atoms with van der Waals surface area (Å²) in [5.41, 5.74) is 7.34. The zero-order chi connectivity index (χ0) is 12.3. The number of nitro groups is 1. The van der Waals surface area contributed by atoms with E-state index in [0.717, 1.165) is 11.3 Å². The normalized spacial score (nSPS) is 10.1. The van der Waals surface area contributed by atoms with Crippen molar-refractivity contribution in [2.24, 2.45) is 0 Å². The van der Waals surface area contributed by atoms with Gasteiger partial charge in [-0.15, -0.1) is 0 Å². The van der Waals surface area contributed by atoms with Gasteiger partial charge in [0.25, 0.3) is 5.69 Å². The van der Waals surface area contributed by atoms with E-state index in [1.165, 1.54) is 6.07 Å². The number of anilines is 1. The third-order valence-electron chi connectivity index (χ3n) is 2.40. The minimum atomic E-state index is -0.475. The highest BCUT2D eigenvalue weighted by Gasteiger charge is 2.11. The molecule has 0 amide bonds. The van der Waals surface area contributed by atoms with Crippen LogP contribution in [0.25, 0.3) is 0 Å². The molecule has 2 rings (SSSR count). The number of hydrogen-bond acceptors (Lipinski definition) is 4. The SMILES string of the molecule is Nc1ccc(Cc2ccccn2)cc1[N+](=O)[O-]. The maximum Gasteiger partial charge on any atom is 0.292 e. The lowest BCUT2D eigenvalue weighted by molar-refractivity contribution is -0.383. The van der Waals surface area contributed by atoms with Crippen LogP contribution in [0.2, 0.25) is 0 Å². The van der Waals surface area contributed by atoms with Gasteiger partial charge in [0, 0.05) is 24.4 Å². The lowest BCUT2D eigenvalue weighted by Crippen LogP contribution is -1.98. The predicted octanol–water partition coefficient (Wildman–Crippen LogP) is 2.16. The summed E-state index contributed by atoms with van der Waals surface area (Å²) in [5, 5.41) is 10.7. The fraction of sp³-hybridized carbons (Fsp3) is 0.0833. The highest BCUT2D eigenvalue weighted by molar-refractivity contribution is 5.59. The molecule has 1 aromatic carbocycles. The van der Waals surface area contributed by atoms with E-state index in [-0.39, 0.29) is 11.4 Å². The van der Waals surface area contributed by atoms with Crippen molar-refractivity contribution >= 4 is 11.4 Å². The summed E-state index contributed by atoms with van der Waals surface area (Å²) < 4.78 is 0. The van der Waals surface area contributed by atoms with E-state index in [9.17, 15) is 10.1 Å². The molecule has 0 aliphatic carbocycles. The Morgan fingerprint density at radius 2 is 2.12 bits per heavy atom. The van der Waals surface area contributed by atoms with Crippen LogP contribution in [0.3, 0.4) is 0 Å². The Morgan fingerprint density at radius 3 is 2.76 bits per heavy atom. The van der Waals surface area contributed by atoms with E-state index in [1.54, 1.807) is 18.3 Å². The molecule has 2 aromatic rings. The van der Waals surface area contributed by atoms with Gasteiger partial charge in [0.1, 0.15) is 5.69 Å². The molecule has 17 heavy (non-hydrogen) atoms. The molecule has 0 saturated heterocycles. The molecule has 1 heterocycles. The van der Waals surface area contributed by atoms with Crippen molar-refractivity contribution in [1.82, 2.24) is 4.98 Å². The maximum atomic E-state index is 10.7. The van der Waals surface area contributed by atoms with Crippen LogP contribution in [0.4, 0.5) is 11.4 Å². The second-order valence-corrected chi connectivity index (χ2v) is 3.65. The molecule has 0 fully saturated rings. The number of rotatable bonds is 3. The lowest BCUT2D eigenvalue weighted by atomic mass is 10.1. The first-order valence-corrected chi connectivity index (χ1v) is 5.09. The largest absolute Gasteiger partial charge is 0.393 e. The van der Waals surface area contributed by atoms with Gasteiger partial charge in [0.15, 0.2) is 0 Å². The predicted molar refractivity (Wildman–Crippen MR) is 64.6 cm³/mol. The van der Waals surface area contributed by atoms with Gasteiger partial charge in [-0.3, -0.25) is 15.1 Å². The van der Waals surface area contributed by atoms with E-state index >= 15 is 0 Å². The summed E-state index contributed by atoms with van der Waals surface area (Å²) in [6.45, 7) is 0. The number of nitrogens with zero attached hydrogens (tertiary/aromatic N) is 2. The van der Waals surface area contributed by atoms with Crippen molar-refractivity contribution in [2.45, 2.75) is 6.42 Å². The summed E-state index contributed by atoms with van der Waals surface area (Å²) in [6, 6.07) is 10.4. The summed E-state index contributed by atoms with van der Waals surface area (Å²) in [6.07, 6.45) is 2.25. The number of aromatic nitrogens is 1. The minimum absolute atomic E-state index is 0.0570. The molecule has 0 radical (unpaired) electrons. The second-order valence-electron chi connectivity index (χ2n) is 3.65. The van der Waals surface area contributed by atoms with Crippen molar-refractivity contribution in [3.8, 4) is 0 Å². The van der Waals surface area contributed by atoms with Crippen molar-refractivity contribution < 1.29 is 4.92 Å². The molecule has 2 N–H and O–H groups in total. The van der Waals surface area contributed by atoms with Gasteiger partial charge in [-0.1, -0.05) is 12.1 Å². The molecule has 5 heteroatoms. The average molecular weight is 229 g/mol. The van der Waals surface area contributed by atoms with Gasteiger partial charge in [-0.05, 0) is 23.8 Å². The molecule has 5 nitrogen and oxygen atoms in total. The van der Waals surface area contributed by atoms with Crippen molar-refractivity contribution in [3.63, 3.8) is 0 Å². The monoisotopic (exact) mass is 229 g/mol. The number of nitrogens with two attached hydrogens (primary N) is 1. The van der Waals surface area contributed by atoms with E-state index in [1.807, 2.05) is 18.2 Å². The number of hydrogen-bond donors (Lipinski definition) is 1. The van der Waals surface area contributed by atoms with Crippen LogP contribution >= 0.6 is 0 Å². The number of nitro benzene ring substituents is 1. The van der Waals surface area contributed by atoms with Crippen LogP contribution in [-0.2, 0) is 6.42 Å². The average Bonchev–Trinajstić information content (AvgIpc) is 2.32. The Kier molecular flexibility index (Phi) is 3.00. The van der Waals surface area contributed by atoms with E-state index < -0.39 is 4.92 Å². The quantitative estimate of drug-likeness (QED) is 0.496. The lowest BCUT2D eigenvalue weighted by Gasteiger charge is -2.02. The summed E-state index contributed by atoms with van der Waals surface area (Å²) in [7, 11) is 0. The number of benzene rings is 1. The molecule has 0 unspecified atom stereocenters. The summed E-state index contributed by atoms with van der Waals surface area (Å²) >= 11 is 0. The number of pyridine rings is 1. The van der Waals surface area contributed by atoms with Crippen LogP contribution < -0.4 is 5.73 Å². The fourth-order valence-corrected chi connectivity index (χ4v) is 1.57. The van der Waals surface area contributed by atoms with Gasteiger partial charge in [0.05, 0.1) is 4.92 Å². The first-order chi connectivity index (χ1) is 8.16. The van der Waals surface area contributed by atoms with E-state index in [2.05, 4.69) is 4.98 Å². The zero-order valence-corrected chi connectivity index (χ0v) is 9.04. The van der Waals surface area contributed by atoms with Crippen molar-refractivity contribution in [1.29, 1.82) is 0 Å². The highest BCUT2D eigenvalue weighted by atomic mass is 16.6. The van der Waals surface area contributed by atoms with E-state index in [0.29, 0.717) is 6.42 Å². The molecular formula is C12H11N3O2. The summed E-state index contributed by atoms with van der Waals surface area (Å²) in [4.78, 5) is 14.4. The topological polar surface area (TPSA) is 82.0 Å². The fourth-order valence-electron chi connectivity index (χ4n) is 1.57. The molecule has 0 spiro atoms. The molecule has 0 aliphatic heterocycles. The molecular weight excluding hydrogens is 218 g/mol. The van der Waals surface area contributed by atoms with Gasteiger partial charge >= 0.3 is 0 Å². The molecule has 0 saturated carbocycles. The van der Waals surface area contributed by atoms with Crippen LogP contribution in [0.1, 0.15) is 11.3 Å². The first-order valence-electron chi connectivity index (χ1n) is 5.09. The van der Waals surface area contributed by atoms with Crippen LogP contribution in [-0.4, -0.2) is 9.91 Å². The second kappa shape index (κ2) is 4.61. The summed E-state index contributed by atoms with van der Waals surface area (Å²) in [5.74, 6) is 0. The molecule has 0 bridgehead atoms. The molecule has 86 valence electrons. The Morgan fingerprint density at radius 1 is 1.29 bits per heavy atom. The maximum absolute atomic E-state index is 10.7. The van der Waals surface area contributed by atoms with Gasteiger partial charge in [-0.2, -0.15) is 0 Å². The standard InChI is InChI=1S/C12H11N3O2/c13-11-5-4-9(8-12(11)15(16)17)7-10-3-1-2-6-14-10/h1-6,8H,7,13H2. The zero-order valence-electron chi connectivity index (χ0n) is 9.04. The van der Waals surface area contributed by atoms with Crippen LogP contribution in [0.5, 0.6) is 0 Å². The third-order valence-corrected chi connectivity index (χ3v) is 2.40. The first kappa shape index (κ1) is 11.1. The molecule has 1 aromatic heterocycles. The minimum Gasteiger partial charge on any atom is -0.393 e. The highest BCUT2D eigenvalue weighted by Crippen LogP contribution is 2.23. The van der Waals surface area contributed by atoms with Gasteiger partial charge in [0.2, 0.25) is 0 Å². The Labute approximate surface area is 98.1 Å². The van der Waals surface area contributed by atoms with Crippen LogP contribution in [0.15, 0.2) is 42.6 Å². The van der Waals surface area contributed by atoms with Crippen LogP contribution in [0, 0.1) is 10.1 Å². The third kappa shape index (κ3) is 2.57. The van der Waals surface area contributed by atoms with Gasteiger partial charge < -0.3 is 5.73 Å². The molecule has 0 aliphatic rings. The van der Waals surface area contributed by atoms with Crippen molar-refractivity contribution in [2.75, 3.05) is 5.73 Å². The Hall–Kier alpha value is -2.43. The van der Waals surface area contributed by atoms with Crippen molar-refractivity contribution in [3.05, 3.63) is 64.0 Å². The smallest absolute Gasteiger partial charge is 0.292 e. The molecule has 0 atom stereocenters. The number of nitrogen functional groups attached to an aromatic ring is 1. The van der Waals surface area contributed by atoms with Gasteiger partial charge in [-0.25, -0.2) is 0 Å². The Bertz CT molecular complexity index is 541. The Balaban J connectivity index is 2.29.